The van der Waals surface area contributed by atoms with E-state index < -0.39 is 5.82 Å². The quantitative estimate of drug-likeness (QED) is 0.908. The third kappa shape index (κ3) is 3.47. The first kappa shape index (κ1) is 12.0. The fourth-order valence-electron chi connectivity index (χ4n) is 1.41. The van der Waals surface area contributed by atoms with Crippen molar-refractivity contribution >= 4 is 11.6 Å². The molecular formula is C12H11ClFN3. The van der Waals surface area contributed by atoms with E-state index in [1.165, 1.54) is 12.4 Å². The van der Waals surface area contributed by atoms with Gasteiger partial charge >= 0.3 is 0 Å². The molecule has 1 aromatic carbocycles. The standard InChI is InChI=1S/C12H11ClFN3/c13-11-5-9(1-2-12(11)14)6-16-7-10-3-4-15-8-17-10/h1-5,8,16H,6-7H2. The predicted octanol–water partition coefficient (Wildman–Crippen LogP) is 2.56. The first-order valence-electron chi connectivity index (χ1n) is 5.15. The van der Waals surface area contributed by atoms with Crippen LogP contribution in [-0.2, 0) is 13.1 Å². The smallest absolute Gasteiger partial charge is 0.141 e. The minimum absolute atomic E-state index is 0.145. The minimum atomic E-state index is -0.397. The molecular weight excluding hydrogens is 241 g/mol. The molecule has 0 aliphatic heterocycles. The molecule has 0 saturated heterocycles. The largest absolute Gasteiger partial charge is 0.307 e. The van der Waals surface area contributed by atoms with E-state index in [1.807, 2.05) is 6.07 Å². The summed E-state index contributed by atoms with van der Waals surface area (Å²) in [5.41, 5.74) is 1.85. The van der Waals surface area contributed by atoms with Crippen LogP contribution in [0.5, 0.6) is 0 Å². The Morgan fingerprint density at radius 2 is 2.12 bits per heavy atom. The van der Waals surface area contributed by atoms with Crippen molar-refractivity contribution in [1.82, 2.24) is 15.3 Å². The second-order valence-electron chi connectivity index (χ2n) is 3.55. The average Bonchev–Trinajstić information content (AvgIpc) is 2.35. The van der Waals surface area contributed by atoms with Crippen LogP contribution in [0, 0.1) is 5.82 Å². The van der Waals surface area contributed by atoms with E-state index >= 15 is 0 Å². The lowest BCUT2D eigenvalue weighted by Gasteiger charge is -2.05. The normalized spacial score (nSPS) is 10.5. The number of nitrogens with one attached hydrogen (secondary N) is 1. The summed E-state index contributed by atoms with van der Waals surface area (Å²) < 4.78 is 12.9. The molecule has 0 saturated carbocycles. The highest BCUT2D eigenvalue weighted by Gasteiger charge is 2.00. The van der Waals surface area contributed by atoms with E-state index in [0.29, 0.717) is 13.1 Å². The maximum absolute atomic E-state index is 12.9. The Labute approximate surface area is 104 Å². The molecule has 1 heterocycles. The van der Waals surface area contributed by atoms with Crippen molar-refractivity contribution in [2.45, 2.75) is 13.1 Å². The molecule has 2 rings (SSSR count). The van der Waals surface area contributed by atoms with Crippen LogP contribution >= 0.6 is 11.6 Å². The molecule has 0 fully saturated rings. The molecule has 17 heavy (non-hydrogen) atoms. The van der Waals surface area contributed by atoms with Gasteiger partial charge in [0.2, 0.25) is 0 Å². The Morgan fingerprint density at radius 3 is 2.82 bits per heavy atom. The number of hydrogen-bond acceptors (Lipinski definition) is 3. The first-order valence-corrected chi connectivity index (χ1v) is 5.53. The lowest BCUT2D eigenvalue weighted by Crippen LogP contribution is -2.13. The van der Waals surface area contributed by atoms with Gasteiger partial charge in [-0.3, -0.25) is 0 Å². The number of aromatic nitrogens is 2. The summed E-state index contributed by atoms with van der Waals surface area (Å²) >= 11 is 5.69. The molecule has 1 N–H and O–H groups in total. The van der Waals surface area contributed by atoms with Gasteiger partial charge in [-0.05, 0) is 23.8 Å². The zero-order chi connectivity index (χ0) is 12.1. The third-order valence-corrected chi connectivity index (χ3v) is 2.55. The van der Waals surface area contributed by atoms with Gasteiger partial charge in [0.1, 0.15) is 12.1 Å². The highest BCUT2D eigenvalue weighted by molar-refractivity contribution is 6.30. The molecule has 2 aromatic rings. The van der Waals surface area contributed by atoms with Crippen molar-refractivity contribution < 1.29 is 4.39 Å². The summed E-state index contributed by atoms with van der Waals surface area (Å²) in [6.07, 6.45) is 3.20. The first-order chi connectivity index (χ1) is 8.25. The van der Waals surface area contributed by atoms with Crippen LogP contribution in [0.25, 0.3) is 0 Å². The van der Waals surface area contributed by atoms with Crippen LogP contribution in [0.4, 0.5) is 4.39 Å². The van der Waals surface area contributed by atoms with Crippen LogP contribution in [0.1, 0.15) is 11.3 Å². The van der Waals surface area contributed by atoms with Crippen LogP contribution in [-0.4, -0.2) is 9.97 Å². The molecule has 0 bridgehead atoms. The van der Waals surface area contributed by atoms with Crippen molar-refractivity contribution in [2.75, 3.05) is 0 Å². The van der Waals surface area contributed by atoms with Gasteiger partial charge in [0.05, 0.1) is 10.7 Å². The summed E-state index contributed by atoms with van der Waals surface area (Å²) in [7, 11) is 0. The van der Waals surface area contributed by atoms with Gasteiger partial charge in [0.25, 0.3) is 0 Å². The molecule has 0 atom stereocenters. The van der Waals surface area contributed by atoms with Crippen molar-refractivity contribution in [2.24, 2.45) is 0 Å². The van der Waals surface area contributed by atoms with Crippen molar-refractivity contribution in [3.05, 3.63) is 58.9 Å². The monoisotopic (exact) mass is 251 g/mol. The summed E-state index contributed by atoms with van der Waals surface area (Å²) in [4.78, 5) is 7.92. The van der Waals surface area contributed by atoms with Crippen molar-refractivity contribution in [3.63, 3.8) is 0 Å². The fourth-order valence-corrected chi connectivity index (χ4v) is 1.61. The van der Waals surface area contributed by atoms with E-state index in [1.54, 1.807) is 18.3 Å². The summed E-state index contributed by atoms with van der Waals surface area (Å²) in [5, 5.41) is 3.34. The van der Waals surface area contributed by atoms with Gasteiger partial charge in [-0.2, -0.15) is 0 Å². The van der Waals surface area contributed by atoms with Crippen LogP contribution < -0.4 is 5.32 Å². The molecule has 88 valence electrons. The Morgan fingerprint density at radius 1 is 1.24 bits per heavy atom. The second-order valence-corrected chi connectivity index (χ2v) is 3.96. The number of hydrogen-bond donors (Lipinski definition) is 1. The second kappa shape index (κ2) is 5.70. The average molecular weight is 252 g/mol. The maximum atomic E-state index is 12.9. The van der Waals surface area contributed by atoms with E-state index in [-0.39, 0.29) is 5.02 Å². The lowest BCUT2D eigenvalue weighted by atomic mass is 10.2. The van der Waals surface area contributed by atoms with Crippen molar-refractivity contribution in [1.29, 1.82) is 0 Å². The summed E-state index contributed by atoms with van der Waals surface area (Å²) in [5.74, 6) is -0.397. The Bertz CT molecular complexity index is 490. The Hall–Kier alpha value is -1.52. The van der Waals surface area contributed by atoms with Gasteiger partial charge in [-0.25, -0.2) is 14.4 Å². The van der Waals surface area contributed by atoms with Crippen LogP contribution in [0.2, 0.25) is 5.02 Å². The topological polar surface area (TPSA) is 37.8 Å². The van der Waals surface area contributed by atoms with Gasteiger partial charge in [-0.1, -0.05) is 17.7 Å². The molecule has 0 spiro atoms. The van der Waals surface area contributed by atoms with E-state index in [4.69, 9.17) is 11.6 Å². The van der Waals surface area contributed by atoms with E-state index in [0.717, 1.165) is 11.3 Å². The van der Waals surface area contributed by atoms with E-state index in [2.05, 4.69) is 15.3 Å². The zero-order valence-corrected chi connectivity index (χ0v) is 9.78. The summed E-state index contributed by atoms with van der Waals surface area (Å²) in [6.45, 7) is 1.25. The van der Waals surface area contributed by atoms with E-state index in [9.17, 15) is 4.39 Å². The lowest BCUT2D eigenvalue weighted by molar-refractivity contribution is 0.624. The number of nitrogens with zero attached hydrogens (tertiary/aromatic N) is 2. The number of rotatable bonds is 4. The van der Waals surface area contributed by atoms with Gasteiger partial charge < -0.3 is 5.32 Å². The molecule has 0 unspecified atom stereocenters. The molecule has 1 aromatic heterocycles. The number of halogens is 2. The van der Waals surface area contributed by atoms with Crippen molar-refractivity contribution in [3.8, 4) is 0 Å². The Kier molecular flexibility index (Phi) is 4.01. The minimum Gasteiger partial charge on any atom is -0.307 e. The third-order valence-electron chi connectivity index (χ3n) is 2.26. The number of benzene rings is 1. The van der Waals surface area contributed by atoms with Gasteiger partial charge in [0.15, 0.2) is 0 Å². The molecule has 0 aliphatic carbocycles. The van der Waals surface area contributed by atoms with Gasteiger partial charge in [0, 0.05) is 19.3 Å². The maximum Gasteiger partial charge on any atom is 0.141 e. The zero-order valence-electron chi connectivity index (χ0n) is 9.03. The molecule has 3 nitrogen and oxygen atoms in total. The Balaban J connectivity index is 1.88. The summed E-state index contributed by atoms with van der Waals surface area (Å²) in [6, 6.07) is 6.52. The highest BCUT2D eigenvalue weighted by atomic mass is 35.5. The predicted molar refractivity (Wildman–Crippen MR) is 64.0 cm³/mol. The molecule has 0 amide bonds. The molecule has 0 radical (unpaired) electrons. The molecule has 0 aliphatic rings. The SMILES string of the molecule is Fc1ccc(CNCc2ccncn2)cc1Cl. The highest BCUT2D eigenvalue weighted by Crippen LogP contribution is 2.15. The van der Waals surface area contributed by atoms with Gasteiger partial charge in [-0.15, -0.1) is 0 Å². The molecule has 5 heteroatoms. The fraction of sp³-hybridized carbons (Fsp3) is 0.167. The van der Waals surface area contributed by atoms with Crippen LogP contribution in [0.3, 0.4) is 0 Å². The van der Waals surface area contributed by atoms with Crippen LogP contribution in [0.15, 0.2) is 36.8 Å².